The van der Waals surface area contributed by atoms with E-state index in [2.05, 4.69) is 25.0 Å². The molecule has 0 aliphatic carbocycles. The van der Waals surface area contributed by atoms with Crippen molar-refractivity contribution < 1.29 is 12.8 Å². The molecule has 4 rings (SSSR count). The molecule has 10 heteroatoms. The molecule has 31 heavy (non-hydrogen) atoms. The van der Waals surface area contributed by atoms with E-state index >= 15 is 0 Å². The summed E-state index contributed by atoms with van der Waals surface area (Å²) in [5, 5.41) is 3.13. The Labute approximate surface area is 180 Å². The van der Waals surface area contributed by atoms with Crippen molar-refractivity contribution in [2.24, 2.45) is 0 Å². The standard InChI is InChI=1S/C21H22N6O3S/c1-15-24-20(13-21(25-15)27-11-3-4-12-27)22-9-10-23-31(28,29)18-7-5-17(6-8-18)19-14-30-16(2)26-19/h3-8,11-14,23H,9-10H2,1-2H3,(H,22,24,25). The lowest BCUT2D eigenvalue weighted by atomic mass is 10.2. The Hall–Kier alpha value is -3.50. The van der Waals surface area contributed by atoms with Crippen LogP contribution < -0.4 is 10.0 Å². The van der Waals surface area contributed by atoms with Gasteiger partial charge in [0.25, 0.3) is 0 Å². The zero-order chi connectivity index (χ0) is 21.8. The number of nitrogens with zero attached hydrogens (tertiary/aromatic N) is 4. The zero-order valence-corrected chi connectivity index (χ0v) is 17.9. The molecule has 1 aromatic carbocycles. The summed E-state index contributed by atoms with van der Waals surface area (Å²) in [6, 6.07) is 12.1. The van der Waals surface area contributed by atoms with Gasteiger partial charge in [-0.2, -0.15) is 0 Å². The molecule has 9 nitrogen and oxygen atoms in total. The number of hydrogen-bond donors (Lipinski definition) is 2. The molecular formula is C21H22N6O3S. The van der Waals surface area contributed by atoms with Crippen molar-refractivity contribution in [2.75, 3.05) is 18.4 Å². The molecule has 160 valence electrons. The topological polar surface area (TPSA) is 115 Å². The van der Waals surface area contributed by atoms with Gasteiger partial charge in [0.1, 0.15) is 29.4 Å². The number of hydrogen-bond acceptors (Lipinski definition) is 7. The minimum Gasteiger partial charge on any atom is -0.449 e. The first-order chi connectivity index (χ1) is 14.9. The predicted molar refractivity (Wildman–Crippen MR) is 116 cm³/mol. The van der Waals surface area contributed by atoms with Crippen LogP contribution in [0.25, 0.3) is 17.1 Å². The Morgan fingerprint density at radius 2 is 1.74 bits per heavy atom. The van der Waals surface area contributed by atoms with E-state index in [1.165, 1.54) is 0 Å². The first-order valence-corrected chi connectivity index (χ1v) is 11.1. The molecule has 2 N–H and O–H groups in total. The van der Waals surface area contributed by atoms with E-state index in [0.29, 0.717) is 29.8 Å². The largest absolute Gasteiger partial charge is 0.449 e. The third-order valence-corrected chi connectivity index (χ3v) is 5.97. The van der Waals surface area contributed by atoms with Crippen LogP contribution in [-0.4, -0.2) is 41.0 Å². The van der Waals surface area contributed by atoms with Gasteiger partial charge in [-0.05, 0) is 31.2 Å². The van der Waals surface area contributed by atoms with Crippen molar-refractivity contribution in [3.8, 4) is 17.1 Å². The lowest BCUT2D eigenvalue weighted by Crippen LogP contribution is -2.29. The Morgan fingerprint density at radius 1 is 1.00 bits per heavy atom. The fourth-order valence-electron chi connectivity index (χ4n) is 3.02. The van der Waals surface area contributed by atoms with E-state index in [1.807, 2.05) is 42.1 Å². The summed E-state index contributed by atoms with van der Waals surface area (Å²) >= 11 is 0. The van der Waals surface area contributed by atoms with Crippen LogP contribution in [0.4, 0.5) is 5.82 Å². The van der Waals surface area contributed by atoms with Crippen LogP contribution in [0, 0.1) is 13.8 Å². The number of rotatable bonds is 8. The molecule has 0 bridgehead atoms. The number of oxazole rings is 1. The number of benzene rings is 1. The third kappa shape index (κ3) is 4.98. The monoisotopic (exact) mass is 438 g/mol. The van der Waals surface area contributed by atoms with E-state index in [4.69, 9.17) is 4.42 Å². The molecule has 0 atom stereocenters. The molecule has 0 saturated heterocycles. The maximum absolute atomic E-state index is 12.6. The van der Waals surface area contributed by atoms with Crippen molar-refractivity contribution in [1.29, 1.82) is 0 Å². The second-order valence-electron chi connectivity index (χ2n) is 6.85. The number of aryl methyl sites for hydroxylation is 2. The van der Waals surface area contributed by atoms with Gasteiger partial charge in [0.2, 0.25) is 10.0 Å². The van der Waals surface area contributed by atoms with Crippen LogP contribution in [0.15, 0.2) is 70.4 Å². The molecule has 3 heterocycles. The Balaban J connectivity index is 1.35. The SMILES string of the molecule is Cc1nc(NCCNS(=O)(=O)c2ccc(-c3coc(C)n3)cc2)cc(-n2cccc2)n1. The third-order valence-electron chi connectivity index (χ3n) is 4.50. The van der Waals surface area contributed by atoms with E-state index < -0.39 is 10.0 Å². The van der Waals surface area contributed by atoms with Crippen molar-refractivity contribution in [1.82, 2.24) is 24.2 Å². The summed E-state index contributed by atoms with van der Waals surface area (Å²) in [5.74, 6) is 2.54. The second kappa shape index (κ2) is 8.70. The van der Waals surface area contributed by atoms with Gasteiger partial charge in [0.15, 0.2) is 5.89 Å². The quantitative estimate of drug-likeness (QED) is 0.407. The average Bonchev–Trinajstić information content (AvgIpc) is 3.43. The minimum atomic E-state index is -3.63. The van der Waals surface area contributed by atoms with Gasteiger partial charge in [-0.3, -0.25) is 0 Å². The van der Waals surface area contributed by atoms with Gasteiger partial charge >= 0.3 is 0 Å². The summed E-state index contributed by atoms with van der Waals surface area (Å²) in [7, 11) is -3.63. The number of nitrogens with one attached hydrogen (secondary N) is 2. The van der Waals surface area contributed by atoms with Crippen LogP contribution >= 0.6 is 0 Å². The molecule has 0 saturated carbocycles. The molecule has 3 aromatic heterocycles. The fraction of sp³-hybridized carbons (Fsp3) is 0.190. The van der Waals surface area contributed by atoms with Crippen LogP contribution in [0.1, 0.15) is 11.7 Å². The molecular weight excluding hydrogens is 416 g/mol. The second-order valence-corrected chi connectivity index (χ2v) is 8.62. The summed E-state index contributed by atoms with van der Waals surface area (Å²) in [6.07, 6.45) is 5.34. The van der Waals surface area contributed by atoms with E-state index in [1.54, 1.807) is 37.5 Å². The predicted octanol–water partition coefficient (Wildman–Crippen LogP) is 2.93. The van der Waals surface area contributed by atoms with Crippen LogP contribution in [0.2, 0.25) is 0 Å². The van der Waals surface area contributed by atoms with Crippen molar-refractivity contribution in [3.05, 3.63) is 72.8 Å². The first-order valence-electron chi connectivity index (χ1n) is 9.66. The van der Waals surface area contributed by atoms with Gasteiger partial charge in [-0.1, -0.05) is 12.1 Å². The van der Waals surface area contributed by atoms with Crippen molar-refractivity contribution in [2.45, 2.75) is 18.7 Å². The van der Waals surface area contributed by atoms with Crippen LogP contribution in [-0.2, 0) is 10.0 Å². The molecule has 0 amide bonds. The molecule has 0 fully saturated rings. The summed E-state index contributed by atoms with van der Waals surface area (Å²) < 4.78 is 34.8. The molecule has 0 aliphatic heterocycles. The Bertz CT molecular complexity index is 1260. The molecule has 0 aliphatic rings. The summed E-state index contributed by atoms with van der Waals surface area (Å²) in [5.41, 5.74) is 1.45. The Kier molecular flexibility index (Phi) is 5.83. The maximum atomic E-state index is 12.6. The van der Waals surface area contributed by atoms with E-state index in [9.17, 15) is 8.42 Å². The van der Waals surface area contributed by atoms with E-state index in [-0.39, 0.29) is 11.4 Å². The average molecular weight is 439 g/mol. The molecule has 0 radical (unpaired) electrons. The minimum absolute atomic E-state index is 0.184. The highest BCUT2D eigenvalue weighted by molar-refractivity contribution is 7.89. The van der Waals surface area contributed by atoms with Gasteiger partial charge in [-0.25, -0.2) is 28.1 Å². The lowest BCUT2D eigenvalue weighted by Gasteiger charge is -2.10. The molecule has 0 spiro atoms. The number of anilines is 1. The maximum Gasteiger partial charge on any atom is 0.240 e. The van der Waals surface area contributed by atoms with Crippen LogP contribution in [0.3, 0.4) is 0 Å². The van der Waals surface area contributed by atoms with E-state index in [0.717, 1.165) is 11.4 Å². The van der Waals surface area contributed by atoms with Crippen molar-refractivity contribution >= 4 is 15.8 Å². The highest BCUT2D eigenvalue weighted by Crippen LogP contribution is 2.20. The van der Waals surface area contributed by atoms with Gasteiger partial charge in [0, 0.05) is 44.0 Å². The highest BCUT2D eigenvalue weighted by Gasteiger charge is 2.14. The molecule has 4 aromatic rings. The van der Waals surface area contributed by atoms with Gasteiger partial charge < -0.3 is 14.3 Å². The normalized spacial score (nSPS) is 11.5. The fourth-order valence-corrected chi connectivity index (χ4v) is 4.05. The van der Waals surface area contributed by atoms with Crippen LogP contribution in [0.5, 0.6) is 0 Å². The van der Waals surface area contributed by atoms with Crippen molar-refractivity contribution in [3.63, 3.8) is 0 Å². The summed E-state index contributed by atoms with van der Waals surface area (Å²) in [4.78, 5) is 13.2. The van der Waals surface area contributed by atoms with Gasteiger partial charge in [-0.15, -0.1) is 0 Å². The first kappa shape index (κ1) is 20.8. The number of sulfonamides is 1. The zero-order valence-electron chi connectivity index (χ0n) is 17.1. The lowest BCUT2D eigenvalue weighted by molar-refractivity contribution is 0.521. The Morgan fingerprint density at radius 3 is 2.42 bits per heavy atom. The number of aromatic nitrogens is 4. The molecule has 0 unspecified atom stereocenters. The highest BCUT2D eigenvalue weighted by atomic mass is 32.2. The smallest absolute Gasteiger partial charge is 0.240 e. The van der Waals surface area contributed by atoms with Gasteiger partial charge in [0.05, 0.1) is 4.90 Å². The summed E-state index contributed by atoms with van der Waals surface area (Å²) in [6.45, 7) is 4.14.